The SMILES string of the molecule is CNCC(=O)c1ccc(C)c(Br)c1C. The van der Waals surface area contributed by atoms with E-state index in [1.54, 1.807) is 7.05 Å². The van der Waals surface area contributed by atoms with E-state index in [2.05, 4.69) is 21.2 Å². The highest BCUT2D eigenvalue weighted by molar-refractivity contribution is 9.10. The zero-order valence-electron chi connectivity index (χ0n) is 8.65. The molecule has 0 radical (unpaired) electrons. The Kier molecular flexibility index (Phi) is 3.84. The summed E-state index contributed by atoms with van der Waals surface area (Å²) >= 11 is 3.48. The lowest BCUT2D eigenvalue weighted by molar-refractivity contribution is 0.0993. The molecule has 0 aromatic heterocycles. The van der Waals surface area contributed by atoms with Crippen LogP contribution >= 0.6 is 15.9 Å². The monoisotopic (exact) mass is 255 g/mol. The van der Waals surface area contributed by atoms with Crippen molar-refractivity contribution >= 4 is 21.7 Å². The molecule has 2 nitrogen and oxygen atoms in total. The Hall–Kier alpha value is -0.670. The zero-order valence-corrected chi connectivity index (χ0v) is 10.2. The van der Waals surface area contributed by atoms with Gasteiger partial charge < -0.3 is 5.32 Å². The van der Waals surface area contributed by atoms with Gasteiger partial charge in [-0.25, -0.2) is 0 Å². The van der Waals surface area contributed by atoms with Gasteiger partial charge in [0.2, 0.25) is 0 Å². The molecule has 0 aliphatic carbocycles. The first-order valence-electron chi connectivity index (χ1n) is 4.51. The van der Waals surface area contributed by atoms with Crippen molar-refractivity contribution in [2.75, 3.05) is 13.6 Å². The van der Waals surface area contributed by atoms with Crippen molar-refractivity contribution in [2.24, 2.45) is 0 Å². The topological polar surface area (TPSA) is 29.1 Å². The lowest BCUT2D eigenvalue weighted by atomic mass is 10.0. The summed E-state index contributed by atoms with van der Waals surface area (Å²) in [5.74, 6) is 0.130. The van der Waals surface area contributed by atoms with Gasteiger partial charge >= 0.3 is 0 Å². The van der Waals surface area contributed by atoms with Crippen LogP contribution < -0.4 is 5.32 Å². The molecule has 0 atom stereocenters. The Bertz CT molecular complexity index is 361. The fourth-order valence-electron chi connectivity index (χ4n) is 1.38. The highest BCUT2D eigenvalue weighted by Gasteiger charge is 2.10. The number of halogens is 1. The minimum absolute atomic E-state index is 0.130. The van der Waals surface area contributed by atoms with E-state index in [0.29, 0.717) is 6.54 Å². The molecule has 14 heavy (non-hydrogen) atoms. The summed E-state index contributed by atoms with van der Waals surface area (Å²) < 4.78 is 1.03. The van der Waals surface area contributed by atoms with Gasteiger partial charge in [0.15, 0.2) is 5.78 Å². The van der Waals surface area contributed by atoms with E-state index in [9.17, 15) is 4.79 Å². The Morgan fingerprint density at radius 1 is 1.43 bits per heavy atom. The lowest BCUT2D eigenvalue weighted by Gasteiger charge is -2.08. The molecular weight excluding hydrogens is 242 g/mol. The van der Waals surface area contributed by atoms with Gasteiger partial charge in [0.05, 0.1) is 6.54 Å². The Morgan fingerprint density at radius 3 is 2.64 bits per heavy atom. The van der Waals surface area contributed by atoms with Crippen LogP contribution in [0.25, 0.3) is 0 Å². The zero-order chi connectivity index (χ0) is 10.7. The number of rotatable bonds is 3. The molecule has 0 amide bonds. The third kappa shape index (κ3) is 2.22. The van der Waals surface area contributed by atoms with Crippen LogP contribution in [0, 0.1) is 13.8 Å². The van der Waals surface area contributed by atoms with Crippen LogP contribution in [0.5, 0.6) is 0 Å². The Balaban J connectivity index is 3.11. The maximum absolute atomic E-state index is 11.6. The van der Waals surface area contributed by atoms with E-state index < -0.39 is 0 Å². The summed E-state index contributed by atoms with van der Waals surface area (Å²) in [7, 11) is 1.77. The number of ketones is 1. The minimum Gasteiger partial charge on any atom is -0.313 e. The average molecular weight is 256 g/mol. The maximum atomic E-state index is 11.6. The van der Waals surface area contributed by atoms with Crippen LogP contribution in [-0.4, -0.2) is 19.4 Å². The Labute approximate surface area is 92.8 Å². The number of hydrogen-bond donors (Lipinski definition) is 1. The second-order valence-electron chi connectivity index (χ2n) is 3.32. The predicted molar refractivity (Wildman–Crippen MR) is 61.9 cm³/mol. The van der Waals surface area contributed by atoms with Crippen LogP contribution in [0.4, 0.5) is 0 Å². The standard InChI is InChI=1S/C11H14BrNO/c1-7-4-5-9(8(2)11(7)12)10(14)6-13-3/h4-5,13H,6H2,1-3H3. The van der Waals surface area contributed by atoms with Gasteiger partial charge in [-0.3, -0.25) is 4.79 Å². The lowest BCUT2D eigenvalue weighted by Crippen LogP contribution is -2.19. The van der Waals surface area contributed by atoms with Gasteiger partial charge in [-0.2, -0.15) is 0 Å². The fourth-order valence-corrected chi connectivity index (χ4v) is 1.72. The van der Waals surface area contributed by atoms with Crippen LogP contribution in [0.2, 0.25) is 0 Å². The number of benzene rings is 1. The molecule has 0 aliphatic rings. The molecule has 0 aliphatic heterocycles. The fraction of sp³-hybridized carbons (Fsp3) is 0.364. The molecule has 1 rings (SSSR count). The molecule has 76 valence electrons. The van der Waals surface area contributed by atoms with Gasteiger partial charge in [0.25, 0.3) is 0 Å². The highest BCUT2D eigenvalue weighted by Crippen LogP contribution is 2.23. The van der Waals surface area contributed by atoms with Crippen LogP contribution in [0.3, 0.4) is 0 Å². The van der Waals surface area contributed by atoms with Crippen molar-refractivity contribution in [1.82, 2.24) is 5.32 Å². The van der Waals surface area contributed by atoms with E-state index in [4.69, 9.17) is 0 Å². The van der Waals surface area contributed by atoms with E-state index in [0.717, 1.165) is 21.2 Å². The van der Waals surface area contributed by atoms with E-state index >= 15 is 0 Å². The second-order valence-corrected chi connectivity index (χ2v) is 4.12. The first-order valence-corrected chi connectivity index (χ1v) is 5.30. The molecule has 0 saturated carbocycles. The smallest absolute Gasteiger partial charge is 0.176 e. The molecule has 3 heteroatoms. The highest BCUT2D eigenvalue weighted by atomic mass is 79.9. The average Bonchev–Trinajstić information content (AvgIpc) is 2.15. The molecule has 1 aromatic rings. The molecule has 1 aromatic carbocycles. The van der Waals surface area contributed by atoms with Crippen LogP contribution in [0.15, 0.2) is 16.6 Å². The normalized spacial score (nSPS) is 10.3. The number of hydrogen-bond acceptors (Lipinski definition) is 2. The van der Waals surface area contributed by atoms with Gasteiger partial charge in [0.1, 0.15) is 0 Å². The van der Waals surface area contributed by atoms with Crippen LogP contribution in [0.1, 0.15) is 21.5 Å². The summed E-state index contributed by atoms with van der Waals surface area (Å²) in [6.07, 6.45) is 0. The van der Waals surface area contributed by atoms with Gasteiger partial charge in [-0.15, -0.1) is 0 Å². The third-order valence-electron chi connectivity index (χ3n) is 2.22. The summed E-state index contributed by atoms with van der Waals surface area (Å²) in [6, 6.07) is 3.84. The van der Waals surface area contributed by atoms with Gasteiger partial charge in [-0.05, 0) is 32.0 Å². The minimum atomic E-state index is 0.130. The summed E-state index contributed by atoms with van der Waals surface area (Å²) in [6.45, 7) is 4.36. The van der Waals surface area contributed by atoms with E-state index in [1.807, 2.05) is 26.0 Å². The Morgan fingerprint density at radius 2 is 2.07 bits per heavy atom. The number of carbonyl (C=O) groups excluding carboxylic acids is 1. The molecular formula is C11H14BrNO. The first-order chi connectivity index (χ1) is 6.57. The number of carbonyl (C=O) groups is 1. The molecule has 0 bridgehead atoms. The van der Waals surface area contributed by atoms with E-state index in [1.165, 1.54) is 0 Å². The third-order valence-corrected chi connectivity index (χ3v) is 3.44. The number of nitrogens with one attached hydrogen (secondary N) is 1. The summed E-state index contributed by atoms with van der Waals surface area (Å²) in [5.41, 5.74) is 2.96. The first kappa shape index (κ1) is 11.4. The van der Waals surface area contributed by atoms with E-state index in [-0.39, 0.29) is 5.78 Å². The van der Waals surface area contributed by atoms with Crippen molar-refractivity contribution in [3.63, 3.8) is 0 Å². The van der Waals surface area contributed by atoms with Crippen molar-refractivity contribution in [3.8, 4) is 0 Å². The van der Waals surface area contributed by atoms with Crippen molar-refractivity contribution in [3.05, 3.63) is 33.3 Å². The molecule has 1 N–H and O–H groups in total. The molecule has 0 fully saturated rings. The largest absolute Gasteiger partial charge is 0.313 e. The summed E-state index contributed by atoms with van der Waals surface area (Å²) in [4.78, 5) is 11.6. The van der Waals surface area contributed by atoms with Gasteiger partial charge in [-0.1, -0.05) is 28.1 Å². The van der Waals surface area contributed by atoms with Crippen molar-refractivity contribution < 1.29 is 4.79 Å². The number of likely N-dealkylation sites (N-methyl/N-ethyl adjacent to an activating group) is 1. The molecule has 0 heterocycles. The molecule has 0 unspecified atom stereocenters. The molecule has 0 saturated heterocycles. The number of Topliss-reactive ketones (excluding diaryl/α,β-unsaturated/α-hetero) is 1. The summed E-state index contributed by atoms with van der Waals surface area (Å²) in [5, 5.41) is 2.86. The number of aryl methyl sites for hydroxylation is 1. The van der Waals surface area contributed by atoms with Gasteiger partial charge in [0, 0.05) is 10.0 Å². The van der Waals surface area contributed by atoms with Crippen LogP contribution in [-0.2, 0) is 0 Å². The second kappa shape index (κ2) is 4.71. The van der Waals surface area contributed by atoms with Crippen molar-refractivity contribution in [1.29, 1.82) is 0 Å². The quantitative estimate of drug-likeness (QED) is 0.842. The molecule has 0 spiro atoms. The maximum Gasteiger partial charge on any atom is 0.176 e. The van der Waals surface area contributed by atoms with Crippen molar-refractivity contribution in [2.45, 2.75) is 13.8 Å². The predicted octanol–water partition coefficient (Wildman–Crippen LogP) is 2.47.